The first kappa shape index (κ1) is 25.2. The van der Waals surface area contributed by atoms with Gasteiger partial charge in [-0.3, -0.25) is 0 Å². The van der Waals surface area contributed by atoms with Crippen LogP contribution in [-0.4, -0.2) is 0 Å². The van der Waals surface area contributed by atoms with Crippen LogP contribution in [0.5, 0.6) is 0 Å². The van der Waals surface area contributed by atoms with E-state index in [0.717, 1.165) is 17.8 Å². The fourth-order valence-electron chi connectivity index (χ4n) is 4.63. The van der Waals surface area contributed by atoms with Crippen LogP contribution in [0.2, 0.25) is 0 Å². The molecule has 1 aliphatic carbocycles. The third kappa shape index (κ3) is 12.1. The maximum atomic E-state index is 2.50. The average molecular weight is 327 g/mol. The van der Waals surface area contributed by atoms with Gasteiger partial charge >= 0.3 is 0 Å². The zero-order valence-electron chi connectivity index (χ0n) is 17.0. The Hall–Kier alpha value is 0. The molecule has 0 radical (unpaired) electrons. The molecule has 1 aliphatic rings. The molecule has 0 N–H and O–H groups in total. The predicted octanol–water partition coefficient (Wildman–Crippen LogP) is 8.89. The molecule has 23 heavy (non-hydrogen) atoms. The van der Waals surface area contributed by atoms with E-state index in [2.05, 4.69) is 48.5 Å². The lowest BCUT2D eigenvalue weighted by molar-refractivity contribution is 0.240. The van der Waals surface area contributed by atoms with Crippen LogP contribution in [0.3, 0.4) is 0 Å². The van der Waals surface area contributed by atoms with Gasteiger partial charge in [0, 0.05) is 0 Å². The minimum Gasteiger partial charge on any atom is -0.0776 e. The molecule has 0 bridgehead atoms. The Bertz CT molecular complexity index is 238. The van der Waals surface area contributed by atoms with Crippen molar-refractivity contribution in [2.75, 3.05) is 0 Å². The van der Waals surface area contributed by atoms with E-state index >= 15 is 0 Å². The second-order valence-electron chi connectivity index (χ2n) is 8.61. The minimum atomic E-state index is 0. The van der Waals surface area contributed by atoms with Gasteiger partial charge in [0.2, 0.25) is 0 Å². The lowest BCUT2D eigenvalue weighted by Gasteiger charge is -2.27. The molecule has 3 unspecified atom stereocenters. The van der Waals surface area contributed by atoms with Crippen LogP contribution in [0.4, 0.5) is 0 Å². The van der Waals surface area contributed by atoms with Gasteiger partial charge in [-0.05, 0) is 42.4 Å². The van der Waals surface area contributed by atoms with E-state index in [0.29, 0.717) is 5.41 Å². The van der Waals surface area contributed by atoms with Crippen molar-refractivity contribution in [1.82, 2.24) is 0 Å². The van der Waals surface area contributed by atoms with Crippen molar-refractivity contribution < 1.29 is 0 Å². The van der Waals surface area contributed by atoms with Crippen molar-refractivity contribution in [1.29, 1.82) is 0 Å². The summed E-state index contributed by atoms with van der Waals surface area (Å²) in [6, 6.07) is 0. The molecule has 3 atom stereocenters. The Morgan fingerprint density at radius 1 is 0.957 bits per heavy atom. The largest absolute Gasteiger partial charge is 0.0776 e. The van der Waals surface area contributed by atoms with Gasteiger partial charge in [0.1, 0.15) is 0 Å². The first-order chi connectivity index (χ1) is 10.4. The van der Waals surface area contributed by atoms with Crippen LogP contribution in [0.1, 0.15) is 127 Å². The summed E-state index contributed by atoms with van der Waals surface area (Å²) in [6.45, 7) is 16.5. The fraction of sp³-hybridized carbons (Fsp3) is 1.00. The molecule has 0 aromatic heterocycles. The summed E-state index contributed by atoms with van der Waals surface area (Å²) in [7, 11) is 0. The van der Waals surface area contributed by atoms with Gasteiger partial charge in [-0.1, -0.05) is 107 Å². The standard InChI is InChI=1S/C13H26.C9H20.CH4/c1-5-6-11(2)9-13(4)8-7-12(3)10-13;1-4-7-9(6-3)8-5-2;/h11-12H,5-10H2,1-4H3;9H,4-8H2,1-3H3;1H4. The van der Waals surface area contributed by atoms with E-state index in [-0.39, 0.29) is 7.43 Å². The van der Waals surface area contributed by atoms with Crippen molar-refractivity contribution in [2.24, 2.45) is 23.2 Å². The molecule has 0 heterocycles. The van der Waals surface area contributed by atoms with Crippen molar-refractivity contribution in [3.63, 3.8) is 0 Å². The molecular formula is C23H50. The van der Waals surface area contributed by atoms with Crippen molar-refractivity contribution in [3.05, 3.63) is 0 Å². The molecule has 142 valence electrons. The van der Waals surface area contributed by atoms with Crippen LogP contribution < -0.4 is 0 Å². The van der Waals surface area contributed by atoms with Crippen LogP contribution >= 0.6 is 0 Å². The normalized spacial score (nSPS) is 24.8. The highest BCUT2D eigenvalue weighted by Crippen LogP contribution is 2.45. The fourth-order valence-corrected chi connectivity index (χ4v) is 4.63. The van der Waals surface area contributed by atoms with Gasteiger partial charge in [-0.2, -0.15) is 0 Å². The van der Waals surface area contributed by atoms with E-state index in [9.17, 15) is 0 Å². The first-order valence-electron chi connectivity index (χ1n) is 10.4. The molecule has 0 aliphatic heterocycles. The van der Waals surface area contributed by atoms with Crippen LogP contribution in [0.15, 0.2) is 0 Å². The predicted molar refractivity (Wildman–Crippen MR) is 110 cm³/mol. The van der Waals surface area contributed by atoms with E-state index in [1.165, 1.54) is 70.6 Å². The molecule has 0 amide bonds. The summed E-state index contributed by atoms with van der Waals surface area (Å²) >= 11 is 0. The van der Waals surface area contributed by atoms with Gasteiger partial charge in [0.25, 0.3) is 0 Å². The van der Waals surface area contributed by atoms with Crippen molar-refractivity contribution >= 4 is 0 Å². The molecule has 0 nitrogen and oxygen atoms in total. The monoisotopic (exact) mass is 326 g/mol. The highest BCUT2D eigenvalue weighted by molar-refractivity contribution is 4.85. The summed E-state index contributed by atoms with van der Waals surface area (Å²) in [6.07, 6.45) is 15.6. The topological polar surface area (TPSA) is 0 Å². The Morgan fingerprint density at radius 2 is 1.48 bits per heavy atom. The number of rotatable bonds is 9. The Morgan fingerprint density at radius 3 is 1.83 bits per heavy atom. The molecule has 0 spiro atoms. The third-order valence-electron chi connectivity index (χ3n) is 5.68. The summed E-state index contributed by atoms with van der Waals surface area (Å²) in [5.74, 6) is 2.94. The van der Waals surface area contributed by atoms with E-state index in [1.54, 1.807) is 0 Å². The number of hydrogen-bond donors (Lipinski definition) is 0. The van der Waals surface area contributed by atoms with Gasteiger partial charge < -0.3 is 0 Å². The first-order valence-corrected chi connectivity index (χ1v) is 10.4. The van der Waals surface area contributed by atoms with Gasteiger partial charge in [0.05, 0.1) is 0 Å². The summed E-state index contributed by atoms with van der Waals surface area (Å²) in [4.78, 5) is 0. The van der Waals surface area contributed by atoms with Gasteiger partial charge in [0.15, 0.2) is 0 Å². The van der Waals surface area contributed by atoms with Crippen LogP contribution in [0, 0.1) is 23.2 Å². The molecule has 1 saturated carbocycles. The van der Waals surface area contributed by atoms with Gasteiger partial charge in [-0.25, -0.2) is 0 Å². The smallest absolute Gasteiger partial charge is 0.0321 e. The quantitative estimate of drug-likeness (QED) is 0.397. The molecule has 0 saturated heterocycles. The second-order valence-corrected chi connectivity index (χ2v) is 8.61. The van der Waals surface area contributed by atoms with E-state index in [4.69, 9.17) is 0 Å². The Kier molecular flexibility index (Phi) is 15.8. The van der Waals surface area contributed by atoms with Crippen molar-refractivity contribution in [3.8, 4) is 0 Å². The maximum absolute atomic E-state index is 2.50. The maximum Gasteiger partial charge on any atom is -0.0321 e. The minimum absolute atomic E-state index is 0. The van der Waals surface area contributed by atoms with Crippen molar-refractivity contribution in [2.45, 2.75) is 127 Å². The highest BCUT2D eigenvalue weighted by Gasteiger charge is 2.33. The molecule has 1 fully saturated rings. The van der Waals surface area contributed by atoms with E-state index < -0.39 is 0 Å². The second kappa shape index (κ2) is 14.4. The summed E-state index contributed by atoms with van der Waals surface area (Å²) in [5.41, 5.74) is 0.688. The third-order valence-corrected chi connectivity index (χ3v) is 5.68. The van der Waals surface area contributed by atoms with E-state index in [1.807, 2.05) is 0 Å². The van der Waals surface area contributed by atoms with Crippen LogP contribution in [-0.2, 0) is 0 Å². The Labute approximate surface area is 150 Å². The lowest BCUT2D eigenvalue weighted by atomic mass is 9.78. The summed E-state index contributed by atoms with van der Waals surface area (Å²) < 4.78 is 0. The number of hydrogen-bond acceptors (Lipinski definition) is 0. The highest BCUT2D eigenvalue weighted by atomic mass is 14.4. The molecule has 0 aromatic rings. The summed E-state index contributed by atoms with van der Waals surface area (Å²) in [5, 5.41) is 0. The molecule has 0 aromatic carbocycles. The lowest BCUT2D eigenvalue weighted by Crippen LogP contribution is -2.15. The Balaban J connectivity index is 0. The van der Waals surface area contributed by atoms with Crippen LogP contribution in [0.25, 0.3) is 0 Å². The zero-order valence-corrected chi connectivity index (χ0v) is 17.0. The SMILES string of the molecule is C.CCCC(C)CC1(C)CCC(C)C1.CCCC(CC)CCC. The molecule has 1 rings (SSSR count). The zero-order chi connectivity index (χ0) is 17.0. The molecule has 0 heteroatoms. The van der Waals surface area contributed by atoms with Gasteiger partial charge in [-0.15, -0.1) is 0 Å². The average Bonchev–Trinajstić information content (AvgIpc) is 2.78. The molecular weight excluding hydrogens is 276 g/mol.